The molecular formula is C27H29N3O5S2. The predicted octanol–water partition coefficient (Wildman–Crippen LogP) is 5.22. The zero-order valence-electron chi connectivity index (χ0n) is 20.9. The van der Waals surface area contributed by atoms with Crippen molar-refractivity contribution in [2.24, 2.45) is 5.14 Å². The highest BCUT2D eigenvalue weighted by molar-refractivity contribution is 8.00. The number of hydrogen-bond acceptors (Lipinski definition) is 7. The van der Waals surface area contributed by atoms with Crippen LogP contribution in [0.5, 0.6) is 11.5 Å². The molecule has 0 saturated heterocycles. The third-order valence-electron chi connectivity index (χ3n) is 6.00. The van der Waals surface area contributed by atoms with Gasteiger partial charge in [-0.3, -0.25) is 4.79 Å². The van der Waals surface area contributed by atoms with E-state index in [0.717, 1.165) is 23.9 Å². The average molecular weight is 540 g/mol. The van der Waals surface area contributed by atoms with E-state index in [2.05, 4.69) is 6.92 Å². The molecule has 1 heterocycles. The molecule has 1 atom stereocenters. The molecule has 4 aromatic rings. The summed E-state index contributed by atoms with van der Waals surface area (Å²) in [5.74, 6) is 1.27. The first kappa shape index (κ1) is 26.7. The van der Waals surface area contributed by atoms with Crippen molar-refractivity contribution in [3.8, 4) is 11.5 Å². The normalized spacial score (nSPS) is 12.4. The number of imidazole rings is 1. The van der Waals surface area contributed by atoms with Crippen molar-refractivity contribution in [1.82, 2.24) is 9.55 Å². The third-order valence-corrected chi connectivity index (χ3v) is 8.16. The molecule has 194 valence electrons. The van der Waals surface area contributed by atoms with Crippen LogP contribution >= 0.6 is 11.8 Å². The topological polar surface area (TPSA) is 114 Å². The largest absolute Gasteiger partial charge is 0.497 e. The van der Waals surface area contributed by atoms with Crippen molar-refractivity contribution < 1.29 is 22.7 Å². The van der Waals surface area contributed by atoms with E-state index in [4.69, 9.17) is 19.6 Å². The van der Waals surface area contributed by atoms with Gasteiger partial charge in [-0.25, -0.2) is 18.5 Å². The molecule has 0 amide bonds. The van der Waals surface area contributed by atoms with Crippen molar-refractivity contribution in [2.75, 3.05) is 14.2 Å². The summed E-state index contributed by atoms with van der Waals surface area (Å²) in [4.78, 5) is 18.6. The second kappa shape index (κ2) is 11.4. The molecule has 0 radical (unpaired) electrons. The van der Waals surface area contributed by atoms with E-state index in [-0.39, 0.29) is 10.7 Å². The number of rotatable bonds is 11. The zero-order valence-corrected chi connectivity index (χ0v) is 22.5. The molecule has 10 heteroatoms. The molecule has 37 heavy (non-hydrogen) atoms. The molecule has 0 saturated carbocycles. The maximum atomic E-state index is 13.8. The lowest BCUT2D eigenvalue weighted by Crippen LogP contribution is -2.12. The van der Waals surface area contributed by atoms with Gasteiger partial charge >= 0.3 is 0 Å². The van der Waals surface area contributed by atoms with Crippen LogP contribution < -0.4 is 14.6 Å². The summed E-state index contributed by atoms with van der Waals surface area (Å²) in [6, 6.07) is 19.1. The van der Waals surface area contributed by atoms with E-state index in [1.807, 2.05) is 28.8 Å². The number of benzene rings is 3. The minimum Gasteiger partial charge on any atom is -0.497 e. The van der Waals surface area contributed by atoms with Gasteiger partial charge in [-0.1, -0.05) is 37.2 Å². The first-order valence-electron chi connectivity index (χ1n) is 11.8. The Morgan fingerprint density at radius 1 is 1.00 bits per heavy atom. The van der Waals surface area contributed by atoms with Crippen LogP contribution in [-0.4, -0.2) is 38.0 Å². The van der Waals surface area contributed by atoms with E-state index in [1.54, 1.807) is 44.6 Å². The number of carbonyl (C=O) groups excluding carboxylic acids is 1. The number of thioether (sulfide) groups is 1. The summed E-state index contributed by atoms with van der Waals surface area (Å²) in [6.45, 7) is 2.77. The number of unbranched alkanes of at least 4 members (excludes halogenated alkanes) is 1. The fraction of sp³-hybridized carbons (Fsp3) is 0.259. The zero-order chi connectivity index (χ0) is 26.6. The second-order valence-electron chi connectivity index (χ2n) is 8.46. The van der Waals surface area contributed by atoms with Crippen molar-refractivity contribution in [3.05, 3.63) is 77.9 Å². The Kier molecular flexibility index (Phi) is 8.21. The standard InChI is InChI=1S/C27H29N3O5S2/c1-4-5-16-30-24-15-14-22(37(28,32)33)17-23(24)29-27(30)36-26(19-8-12-21(35-3)13-9-19)25(31)18-6-10-20(34-2)11-7-18/h6-15,17,26H,4-5,16H2,1-3H3,(H2,28,32,33)/t26-/m0/s1. The average Bonchev–Trinajstić information content (AvgIpc) is 3.26. The molecular weight excluding hydrogens is 510 g/mol. The Morgan fingerprint density at radius 3 is 2.19 bits per heavy atom. The van der Waals surface area contributed by atoms with E-state index in [1.165, 1.54) is 23.9 Å². The van der Waals surface area contributed by atoms with Crippen LogP contribution in [-0.2, 0) is 16.6 Å². The van der Waals surface area contributed by atoms with E-state index < -0.39 is 15.3 Å². The lowest BCUT2D eigenvalue weighted by molar-refractivity contribution is 0.0989. The van der Waals surface area contributed by atoms with Gasteiger partial charge in [0.05, 0.1) is 30.1 Å². The number of hydrogen-bond donors (Lipinski definition) is 1. The van der Waals surface area contributed by atoms with Crippen LogP contribution in [0.15, 0.2) is 76.8 Å². The monoisotopic (exact) mass is 539 g/mol. The molecule has 0 fully saturated rings. The fourth-order valence-electron chi connectivity index (χ4n) is 3.95. The van der Waals surface area contributed by atoms with Gasteiger partial charge in [0.2, 0.25) is 10.0 Å². The van der Waals surface area contributed by atoms with Gasteiger partial charge in [0.25, 0.3) is 0 Å². The van der Waals surface area contributed by atoms with Crippen LogP contribution in [0.1, 0.15) is 40.9 Å². The van der Waals surface area contributed by atoms with Crippen molar-refractivity contribution in [2.45, 2.75) is 41.6 Å². The molecule has 0 bridgehead atoms. The quantitative estimate of drug-likeness (QED) is 0.205. The number of ether oxygens (including phenoxy) is 2. The highest BCUT2D eigenvalue weighted by Gasteiger charge is 2.27. The SMILES string of the molecule is CCCCn1c(S[C@H](C(=O)c2ccc(OC)cc2)c2ccc(OC)cc2)nc2cc(S(N)(=O)=O)ccc21. The number of aromatic nitrogens is 2. The Hall–Kier alpha value is -3.34. The van der Waals surface area contributed by atoms with Gasteiger partial charge < -0.3 is 14.0 Å². The van der Waals surface area contributed by atoms with Gasteiger partial charge in [-0.05, 0) is 66.6 Å². The molecule has 2 N–H and O–H groups in total. The summed E-state index contributed by atoms with van der Waals surface area (Å²) in [5.41, 5.74) is 2.64. The lowest BCUT2D eigenvalue weighted by Gasteiger charge is -2.17. The lowest BCUT2D eigenvalue weighted by atomic mass is 10.0. The number of ketones is 1. The molecule has 3 aromatic carbocycles. The number of fused-ring (bicyclic) bond motifs is 1. The smallest absolute Gasteiger partial charge is 0.238 e. The fourth-order valence-corrected chi connectivity index (χ4v) is 5.70. The van der Waals surface area contributed by atoms with Crippen LogP contribution in [0.3, 0.4) is 0 Å². The molecule has 0 spiro atoms. The van der Waals surface area contributed by atoms with Gasteiger partial charge in [0, 0.05) is 12.1 Å². The van der Waals surface area contributed by atoms with E-state index in [9.17, 15) is 13.2 Å². The summed E-state index contributed by atoms with van der Waals surface area (Å²) in [5, 5.41) is 5.37. The summed E-state index contributed by atoms with van der Waals surface area (Å²) in [6.07, 6.45) is 1.86. The number of methoxy groups -OCH3 is 2. The van der Waals surface area contributed by atoms with Crippen molar-refractivity contribution in [1.29, 1.82) is 0 Å². The Morgan fingerprint density at radius 2 is 1.62 bits per heavy atom. The third kappa shape index (κ3) is 5.98. The first-order valence-corrected chi connectivity index (χ1v) is 14.2. The summed E-state index contributed by atoms with van der Waals surface area (Å²) < 4.78 is 36.4. The Labute approximate surface area is 220 Å². The minimum atomic E-state index is -3.88. The van der Waals surface area contributed by atoms with E-state index in [0.29, 0.717) is 34.3 Å². The van der Waals surface area contributed by atoms with E-state index >= 15 is 0 Å². The second-order valence-corrected chi connectivity index (χ2v) is 11.1. The molecule has 4 rings (SSSR count). The number of primary sulfonamides is 1. The maximum Gasteiger partial charge on any atom is 0.238 e. The molecule has 0 unspecified atom stereocenters. The number of Topliss-reactive ketones (excluding diaryl/α,β-unsaturated/α-hetero) is 1. The van der Waals surface area contributed by atoms with Crippen LogP contribution in [0.25, 0.3) is 11.0 Å². The Bertz CT molecular complexity index is 1500. The molecule has 1 aromatic heterocycles. The molecule has 8 nitrogen and oxygen atoms in total. The minimum absolute atomic E-state index is 0.00212. The number of nitrogens with two attached hydrogens (primary N) is 1. The summed E-state index contributed by atoms with van der Waals surface area (Å²) >= 11 is 1.33. The predicted molar refractivity (Wildman–Crippen MR) is 145 cm³/mol. The van der Waals surface area contributed by atoms with Crippen molar-refractivity contribution in [3.63, 3.8) is 0 Å². The van der Waals surface area contributed by atoms with Crippen molar-refractivity contribution >= 4 is 38.6 Å². The van der Waals surface area contributed by atoms with Gasteiger partial charge in [-0.15, -0.1) is 0 Å². The number of carbonyl (C=O) groups is 1. The number of aryl methyl sites for hydroxylation is 1. The molecule has 0 aliphatic heterocycles. The van der Waals surface area contributed by atoms with Crippen LogP contribution in [0.4, 0.5) is 0 Å². The summed E-state index contributed by atoms with van der Waals surface area (Å²) in [7, 11) is -0.704. The van der Waals surface area contributed by atoms with Gasteiger partial charge in [0.15, 0.2) is 10.9 Å². The number of sulfonamides is 1. The molecule has 0 aliphatic carbocycles. The maximum absolute atomic E-state index is 13.8. The highest BCUT2D eigenvalue weighted by Crippen LogP contribution is 2.40. The first-order chi connectivity index (χ1) is 17.7. The Balaban J connectivity index is 1.80. The van der Waals surface area contributed by atoms with Gasteiger partial charge in [-0.2, -0.15) is 0 Å². The van der Waals surface area contributed by atoms with Gasteiger partial charge in [0.1, 0.15) is 16.7 Å². The number of nitrogens with zero attached hydrogens (tertiary/aromatic N) is 2. The molecule has 0 aliphatic rings. The van der Waals surface area contributed by atoms with Crippen LogP contribution in [0.2, 0.25) is 0 Å². The van der Waals surface area contributed by atoms with Crippen LogP contribution in [0, 0.1) is 0 Å². The highest BCUT2D eigenvalue weighted by atomic mass is 32.2.